The molecule has 1 rings (SSSR count). The number of nitrogens with one attached hydrogen (secondary N) is 1. The molecule has 0 unspecified atom stereocenters. The van der Waals surface area contributed by atoms with Crippen LogP contribution in [0, 0.1) is 0 Å². The van der Waals surface area contributed by atoms with Gasteiger partial charge in [0.05, 0.1) is 6.61 Å². The highest BCUT2D eigenvalue weighted by Crippen LogP contribution is 2.05. The molecule has 0 aromatic heterocycles. The first kappa shape index (κ1) is 11.5. The molecule has 0 bridgehead atoms. The Bertz CT molecular complexity index is 347. The van der Waals surface area contributed by atoms with E-state index < -0.39 is 0 Å². The molecule has 0 aliphatic heterocycles. The minimum absolute atomic E-state index is 0.0873. The number of amides is 1. The summed E-state index contributed by atoms with van der Waals surface area (Å²) in [6, 6.07) is 7.31. The molecule has 0 atom stereocenters. The second-order valence-electron chi connectivity index (χ2n) is 3.08. The fourth-order valence-corrected chi connectivity index (χ4v) is 1.18. The average Bonchev–Trinajstić information content (AvgIpc) is 2.29. The summed E-state index contributed by atoms with van der Waals surface area (Å²) >= 11 is 0. The maximum atomic E-state index is 11.6. The lowest BCUT2D eigenvalue weighted by molar-refractivity contribution is 0.0937. The molecule has 3 heteroatoms. The standard InChI is InChI=1S/C12H15NO2/c1-3-10-5-4-6-11(9-10)12(14)13-7-8-15-2/h3-6,9H,1,7-8H2,2H3,(H,13,14). The first-order valence-corrected chi connectivity index (χ1v) is 4.77. The van der Waals surface area contributed by atoms with Gasteiger partial charge in [-0.25, -0.2) is 0 Å². The van der Waals surface area contributed by atoms with Gasteiger partial charge in [-0.2, -0.15) is 0 Å². The van der Waals surface area contributed by atoms with Gasteiger partial charge in [-0.1, -0.05) is 24.8 Å². The van der Waals surface area contributed by atoms with Crippen molar-refractivity contribution >= 4 is 12.0 Å². The summed E-state index contributed by atoms with van der Waals surface area (Å²) in [5.41, 5.74) is 1.58. The number of rotatable bonds is 5. The SMILES string of the molecule is C=Cc1cccc(C(=O)NCCOC)c1. The van der Waals surface area contributed by atoms with Crippen LogP contribution in [-0.2, 0) is 4.74 Å². The molecule has 0 fully saturated rings. The topological polar surface area (TPSA) is 38.3 Å². The van der Waals surface area contributed by atoms with E-state index in [9.17, 15) is 4.79 Å². The van der Waals surface area contributed by atoms with Gasteiger partial charge < -0.3 is 10.1 Å². The molecule has 0 spiro atoms. The largest absolute Gasteiger partial charge is 0.383 e. The predicted molar refractivity (Wildman–Crippen MR) is 60.7 cm³/mol. The summed E-state index contributed by atoms with van der Waals surface area (Å²) in [7, 11) is 1.60. The zero-order valence-electron chi connectivity index (χ0n) is 8.82. The Morgan fingerprint density at radius 1 is 1.60 bits per heavy atom. The molecule has 80 valence electrons. The highest BCUT2D eigenvalue weighted by molar-refractivity contribution is 5.94. The minimum atomic E-state index is -0.0873. The summed E-state index contributed by atoms with van der Waals surface area (Å²) in [4.78, 5) is 11.6. The summed E-state index contributed by atoms with van der Waals surface area (Å²) in [5, 5.41) is 2.75. The number of carbonyl (C=O) groups is 1. The molecule has 1 aromatic carbocycles. The number of carbonyl (C=O) groups excluding carboxylic acids is 1. The van der Waals surface area contributed by atoms with Gasteiger partial charge in [0.25, 0.3) is 5.91 Å². The smallest absolute Gasteiger partial charge is 0.251 e. The van der Waals surface area contributed by atoms with Crippen LogP contribution in [0.5, 0.6) is 0 Å². The van der Waals surface area contributed by atoms with Crippen molar-refractivity contribution in [2.75, 3.05) is 20.3 Å². The number of benzene rings is 1. The van der Waals surface area contributed by atoms with Gasteiger partial charge in [0.2, 0.25) is 0 Å². The molecule has 0 saturated carbocycles. The van der Waals surface area contributed by atoms with Gasteiger partial charge in [0.1, 0.15) is 0 Å². The van der Waals surface area contributed by atoms with Crippen LogP contribution in [-0.4, -0.2) is 26.2 Å². The zero-order chi connectivity index (χ0) is 11.1. The van der Waals surface area contributed by atoms with E-state index in [1.165, 1.54) is 0 Å². The lowest BCUT2D eigenvalue weighted by Crippen LogP contribution is -2.26. The van der Waals surface area contributed by atoms with Crippen LogP contribution in [0.2, 0.25) is 0 Å². The Morgan fingerprint density at radius 2 is 2.40 bits per heavy atom. The van der Waals surface area contributed by atoms with Gasteiger partial charge in [-0.15, -0.1) is 0 Å². The molecule has 0 radical (unpaired) electrons. The van der Waals surface area contributed by atoms with E-state index in [0.717, 1.165) is 5.56 Å². The third kappa shape index (κ3) is 3.56. The number of ether oxygens (including phenoxy) is 1. The van der Waals surface area contributed by atoms with E-state index in [1.807, 2.05) is 12.1 Å². The molecule has 0 aliphatic rings. The summed E-state index contributed by atoms with van der Waals surface area (Å²) in [6.45, 7) is 4.70. The van der Waals surface area contributed by atoms with Crippen molar-refractivity contribution in [1.29, 1.82) is 0 Å². The van der Waals surface area contributed by atoms with Crippen molar-refractivity contribution in [3.8, 4) is 0 Å². The first-order valence-electron chi connectivity index (χ1n) is 4.77. The Labute approximate surface area is 89.8 Å². The zero-order valence-corrected chi connectivity index (χ0v) is 8.82. The monoisotopic (exact) mass is 205 g/mol. The van der Waals surface area contributed by atoms with Crippen molar-refractivity contribution < 1.29 is 9.53 Å². The minimum Gasteiger partial charge on any atom is -0.383 e. The molecule has 15 heavy (non-hydrogen) atoms. The highest BCUT2D eigenvalue weighted by atomic mass is 16.5. The second kappa shape index (κ2) is 5.98. The summed E-state index contributed by atoms with van der Waals surface area (Å²) in [5.74, 6) is -0.0873. The molecule has 0 heterocycles. The van der Waals surface area contributed by atoms with Crippen LogP contribution in [0.3, 0.4) is 0 Å². The van der Waals surface area contributed by atoms with E-state index in [1.54, 1.807) is 25.3 Å². The molecule has 1 amide bonds. The molecule has 1 aromatic rings. The average molecular weight is 205 g/mol. The van der Waals surface area contributed by atoms with Crippen LogP contribution in [0.4, 0.5) is 0 Å². The normalized spacial score (nSPS) is 9.67. The van der Waals surface area contributed by atoms with E-state index in [0.29, 0.717) is 18.7 Å². The van der Waals surface area contributed by atoms with Gasteiger partial charge in [0, 0.05) is 19.2 Å². The third-order valence-electron chi connectivity index (χ3n) is 1.98. The molecular formula is C12H15NO2. The number of hydrogen-bond donors (Lipinski definition) is 1. The van der Waals surface area contributed by atoms with Crippen LogP contribution in [0.1, 0.15) is 15.9 Å². The quantitative estimate of drug-likeness (QED) is 0.743. The maximum absolute atomic E-state index is 11.6. The third-order valence-corrected chi connectivity index (χ3v) is 1.98. The fourth-order valence-electron chi connectivity index (χ4n) is 1.18. The summed E-state index contributed by atoms with van der Waals surface area (Å²) < 4.78 is 4.84. The Kier molecular flexibility index (Phi) is 4.57. The van der Waals surface area contributed by atoms with Crippen LogP contribution in [0.25, 0.3) is 6.08 Å². The fraction of sp³-hybridized carbons (Fsp3) is 0.250. The molecular weight excluding hydrogens is 190 g/mol. The van der Waals surface area contributed by atoms with Gasteiger partial charge >= 0.3 is 0 Å². The van der Waals surface area contributed by atoms with Crippen molar-refractivity contribution in [1.82, 2.24) is 5.32 Å². The highest BCUT2D eigenvalue weighted by Gasteiger charge is 2.03. The summed E-state index contributed by atoms with van der Waals surface area (Å²) in [6.07, 6.45) is 1.71. The molecule has 1 N–H and O–H groups in total. The van der Waals surface area contributed by atoms with Crippen molar-refractivity contribution in [2.45, 2.75) is 0 Å². The Morgan fingerprint density at radius 3 is 3.07 bits per heavy atom. The molecule has 3 nitrogen and oxygen atoms in total. The Balaban J connectivity index is 2.61. The van der Waals surface area contributed by atoms with Gasteiger partial charge in [-0.3, -0.25) is 4.79 Å². The molecule has 0 aliphatic carbocycles. The lowest BCUT2D eigenvalue weighted by Gasteiger charge is -2.04. The number of hydrogen-bond acceptors (Lipinski definition) is 2. The Hall–Kier alpha value is -1.61. The van der Waals surface area contributed by atoms with E-state index >= 15 is 0 Å². The van der Waals surface area contributed by atoms with Crippen LogP contribution in [0.15, 0.2) is 30.8 Å². The predicted octanol–water partition coefficient (Wildman–Crippen LogP) is 1.71. The number of methoxy groups -OCH3 is 1. The maximum Gasteiger partial charge on any atom is 0.251 e. The van der Waals surface area contributed by atoms with E-state index in [-0.39, 0.29) is 5.91 Å². The van der Waals surface area contributed by atoms with Crippen molar-refractivity contribution in [3.05, 3.63) is 42.0 Å². The van der Waals surface area contributed by atoms with Crippen molar-refractivity contribution in [2.24, 2.45) is 0 Å². The van der Waals surface area contributed by atoms with Crippen LogP contribution < -0.4 is 5.32 Å². The lowest BCUT2D eigenvalue weighted by atomic mass is 10.1. The van der Waals surface area contributed by atoms with Gasteiger partial charge in [0.15, 0.2) is 0 Å². The van der Waals surface area contributed by atoms with Gasteiger partial charge in [-0.05, 0) is 17.7 Å². The molecule has 0 saturated heterocycles. The van der Waals surface area contributed by atoms with Crippen LogP contribution >= 0.6 is 0 Å². The van der Waals surface area contributed by atoms with E-state index in [4.69, 9.17) is 4.74 Å². The van der Waals surface area contributed by atoms with Crippen molar-refractivity contribution in [3.63, 3.8) is 0 Å². The van der Waals surface area contributed by atoms with E-state index in [2.05, 4.69) is 11.9 Å². The first-order chi connectivity index (χ1) is 7.27. The second-order valence-corrected chi connectivity index (χ2v) is 3.08.